The smallest absolute Gasteiger partial charge is 0.138 e. The Morgan fingerprint density at radius 1 is 1.00 bits per heavy atom. The van der Waals surface area contributed by atoms with Crippen molar-refractivity contribution in [3.63, 3.8) is 0 Å². The molecule has 2 nitrogen and oxygen atoms in total. The second-order valence-corrected chi connectivity index (χ2v) is 3.56. The Morgan fingerprint density at radius 3 is 2.67 bits per heavy atom. The summed E-state index contributed by atoms with van der Waals surface area (Å²) in [7, 11) is 0. The first-order chi connectivity index (χ1) is 7.34. The lowest BCUT2D eigenvalue weighted by atomic mass is 10.1. The summed E-state index contributed by atoms with van der Waals surface area (Å²) in [6.07, 6.45) is 1.74. The highest BCUT2D eigenvalue weighted by Gasteiger charge is 2.09. The van der Waals surface area contributed by atoms with E-state index >= 15 is 0 Å². The Labute approximate surface area is 87.1 Å². The molecule has 3 rings (SSSR count). The molecule has 2 aromatic heterocycles. The van der Waals surface area contributed by atoms with Crippen LogP contribution in [0.1, 0.15) is 5.76 Å². The highest BCUT2D eigenvalue weighted by Crippen LogP contribution is 2.31. The van der Waals surface area contributed by atoms with E-state index in [2.05, 4.69) is 0 Å². The van der Waals surface area contributed by atoms with Gasteiger partial charge in [-0.05, 0) is 25.1 Å². The number of para-hydroxylation sites is 1. The number of hydrogen-bond acceptors (Lipinski definition) is 2. The van der Waals surface area contributed by atoms with E-state index in [0.717, 1.165) is 28.1 Å². The number of rotatable bonds is 1. The van der Waals surface area contributed by atoms with Crippen molar-refractivity contribution in [2.45, 2.75) is 6.92 Å². The highest BCUT2D eigenvalue weighted by molar-refractivity contribution is 5.92. The van der Waals surface area contributed by atoms with E-state index in [1.54, 1.807) is 6.26 Å². The van der Waals surface area contributed by atoms with Crippen molar-refractivity contribution in [1.82, 2.24) is 0 Å². The van der Waals surface area contributed by atoms with Crippen molar-refractivity contribution in [3.05, 3.63) is 48.4 Å². The maximum atomic E-state index is 5.58. The lowest BCUT2D eigenvalue weighted by molar-refractivity contribution is 0.546. The molecule has 0 N–H and O–H groups in total. The monoisotopic (exact) mass is 198 g/mol. The van der Waals surface area contributed by atoms with Gasteiger partial charge in [0.2, 0.25) is 0 Å². The van der Waals surface area contributed by atoms with E-state index in [9.17, 15) is 0 Å². The molecule has 0 unspecified atom stereocenters. The summed E-state index contributed by atoms with van der Waals surface area (Å²) in [6, 6.07) is 11.9. The average Bonchev–Trinajstić information content (AvgIpc) is 2.83. The van der Waals surface area contributed by atoms with Crippen molar-refractivity contribution < 1.29 is 8.83 Å². The minimum absolute atomic E-state index is 0.859. The zero-order valence-electron chi connectivity index (χ0n) is 8.36. The van der Waals surface area contributed by atoms with Crippen LogP contribution in [0.25, 0.3) is 22.3 Å². The maximum absolute atomic E-state index is 5.58. The van der Waals surface area contributed by atoms with Crippen molar-refractivity contribution in [1.29, 1.82) is 0 Å². The SMILES string of the molecule is Cc1ccc(-c2coc3ccccc23)o1. The molecular weight excluding hydrogens is 188 g/mol. The molecule has 0 fully saturated rings. The van der Waals surface area contributed by atoms with Gasteiger partial charge in [-0.25, -0.2) is 0 Å². The minimum atomic E-state index is 0.859. The zero-order chi connectivity index (χ0) is 10.3. The van der Waals surface area contributed by atoms with Gasteiger partial charge in [0.15, 0.2) is 0 Å². The Balaban J connectivity index is 2.27. The second kappa shape index (κ2) is 3.02. The molecule has 0 atom stereocenters. The van der Waals surface area contributed by atoms with E-state index in [1.807, 2.05) is 43.3 Å². The first-order valence-corrected chi connectivity index (χ1v) is 4.87. The van der Waals surface area contributed by atoms with Crippen molar-refractivity contribution in [2.24, 2.45) is 0 Å². The Hall–Kier alpha value is -1.96. The molecule has 74 valence electrons. The molecule has 0 spiro atoms. The summed E-state index contributed by atoms with van der Waals surface area (Å²) in [6.45, 7) is 1.94. The number of hydrogen-bond donors (Lipinski definition) is 0. The van der Waals surface area contributed by atoms with Gasteiger partial charge in [-0.15, -0.1) is 0 Å². The topological polar surface area (TPSA) is 26.3 Å². The summed E-state index contributed by atoms with van der Waals surface area (Å²) in [5, 5.41) is 1.09. The summed E-state index contributed by atoms with van der Waals surface area (Å²) >= 11 is 0. The summed E-state index contributed by atoms with van der Waals surface area (Å²) in [5.74, 6) is 1.77. The fraction of sp³-hybridized carbons (Fsp3) is 0.0769. The van der Waals surface area contributed by atoms with Gasteiger partial charge in [-0.3, -0.25) is 0 Å². The normalized spacial score (nSPS) is 11.0. The zero-order valence-corrected chi connectivity index (χ0v) is 8.36. The van der Waals surface area contributed by atoms with Crippen LogP contribution in [-0.4, -0.2) is 0 Å². The van der Waals surface area contributed by atoms with E-state index < -0.39 is 0 Å². The van der Waals surface area contributed by atoms with Crippen LogP contribution in [0.2, 0.25) is 0 Å². The van der Waals surface area contributed by atoms with Crippen LogP contribution in [0.15, 0.2) is 51.5 Å². The third-order valence-electron chi connectivity index (χ3n) is 2.49. The van der Waals surface area contributed by atoms with Crippen LogP contribution < -0.4 is 0 Å². The molecule has 15 heavy (non-hydrogen) atoms. The van der Waals surface area contributed by atoms with Gasteiger partial charge >= 0.3 is 0 Å². The van der Waals surface area contributed by atoms with Crippen LogP contribution in [0.4, 0.5) is 0 Å². The quantitative estimate of drug-likeness (QED) is 0.590. The van der Waals surface area contributed by atoms with Gasteiger partial charge in [0.25, 0.3) is 0 Å². The molecule has 2 heterocycles. The van der Waals surface area contributed by atoms with E-state index in [4.69, 9.17) is 8.83 Å². The third kappa shape index (κ3) is 1.26. The van der Waals surface area contributed by atoms with E-state index in [-0.39, 0.29) is 0 Å². The second-order valence-electron chi connectivity index (χ2n) is 3.56. The van der Waals surface area contributed by atoms with Crippen LogP contribution in [0, 0.1) is 6.92 Å². The van der Waals surface area contributed by atoms with Crippen LogP contribution in [0.5, 0.6) is 0 Å². The maximum Gasteiger partial charge on any atom is 0.138 e. The predicted molar refractivity (Wildman–Crippen MR) is 58.7 cm³/mol. The first kappa shape index (κ1) is 8.36. The molecule has 0 aliphatic heterocycles. The molecule has 0 aliphatic carbocycles. The largest absolute Gasteiger partial charge is 0.464 e. The van der Waals surface area contributed by atoms with Crippen molar-refractivity contribution >= 4 is 11.0 Å². The highest BCUT2D eigenvalue weighted by atomic mass is 16.3. The summed E-state index contributed by atoms with van der Waals surface area (Å²) < 4.78 is 11.0. The Morgan fingerprint density at radius 2 is 1.87 bits per heavy atom. The Bertz CT molecular complexity index is 602. The molecule has 0 bridgehead atoms. The first-order valence-electron chi connectivity index (χ1n) is 4.87. The number of aryl methyl sites for hydroxylation is 1. The third-order valence-corrected chi connectivity index (χ3v) is 2.49. The fourth-order valence-electron chi connectivity index (χ4n) is 1.75. The molecule has 1 aromatic carbocycles. The Kier molecular flexibility index (Phi) is 1.68. The van der Waals surface area contributed by atoms with Gasteiger partial charge in [0.05, 0.1) is 5.56 Å². The molecule has 3 aromatic rings. The van der Waals surface area contributed by atoms with Crippen LogP contribution >= 0.6 is 0 Å². The molecule has 0 saturated carbocycles. The number of furan rings is 2. The van der Waals surface area contributed by atoms with Crippen molar-refractivity contribution in [3.8, 4) is 11.3 Å². The number of fused-ring (bicyclic) bond motifs is 1. The van der Waals surface area contributed by atoms with Gasteiger partial charge in [-0.2, -0.15) is 0 Å². The summed E-state index contributed by atoms with van der Waals surface area (Å²) in [4.78, 5) is 0. The van der Waals surface area contributed by atoms with Crippen LogP contribution in [-0.2, 0) is 0 Å². The molecular formula is C13H10O2. The standard InChI is InChI=1S/C13H10O2/c1-9-6-7-13(15-9)11-8-14-12-5-3-2-4-10(11)12/h2-8H,1H3. The van der Waals surface area contributed by atoms with E-state index in [1.165, 1.54) is 0 Å². The molecule has 0 aliphatic rings. The molecule has 0 radical (unpaired) electrons. The average molecular weight is 198 g/mol. The van der Waals surface area contributed by atoms with Gasteiger partial charge in [-0.1, -0.05) is 18.2 Å². The van der Waals surface area contributed by atoms with Gasteiger partial charge in [0, 0.05) is 5.39 Å². The predicted octanol–water partition coefficient (Wildman–Crippen LogP) is 4.00. The van der Waals surface area contributed by atoms with Gasteiger partial charge < -0.3 is 8.83 Å². The lowest BCUT2D eigenvalue weighted by Gasteiger charge is -1.91. The van der Waals surface area contributed by atoms with Crippen LogP contribution in [0.3, 0.4) is 0 Å². The van der Waals surface area contributed by atoms with Crippen molar-refractivity contribution in [2.75, 3.05) is 0 Å². The summed E-state index contributed by atoms with van der Waals surface area (Å²) in [5.41, 5.74) is 1.90. The van der Waals surface area contributed by atoms with Gasteiger partial charge in [0.1, 0.15) is 23.4 Å². The lowest BCUT2D eigenvalue weighted by Crippen LogP contribution is -1.69. The van der Waals surface area contributed by atoms with E-state index in [0.29, 0.717) is 0 Å². The number of benzene rings is 1. The molecule has 0 saturated heterocycles. The molecule has 2 heteroatoms. The fourth-order valence-corrected chi connectivity index (χ4v) is 1.75. The minimum Gasteiger partial charge on any atom is -0.464 e. The molecule has 0 amide bonds.